The molecule has 0 unspecified atom stereocenters. The molecule has 0 saturated heterocycles. The highest BCUT2D eigenvalue weighted by atomic mass is 16.5. The van der Waals surface area contributed by atoms with E-state index in [0.717, 1.165) is 0 Å². The van der Waals surface area contributed by atoms with Gasteiger partial charge >= 0.3 is 0 Å². The topological polar surface area (TPSA) is 9.23 Å². The molecule has 92 valence electrons. The molecule has 1 nitrogen and oxygen atoms in total. The van der Waals surface area contributed by atoms with Crippen LogP contribution in [0.1, 0.15) is 31.7 Å². The quantitative estimate of drug-likeness (QED) is 0.472. The second-order valence-corrected chi connectivity index (χ2v) is 4.00. The van der Waals surface area contributed by atoms with Crippen molar-refractivity contribution in [1.29, 1.82) is 0 Å². The summed E-state index contributed by atoms with van der Waals surface area (Å²) in [4.78, 5) is 0. The van der Waals surface area contributed by atoms with Crippen LogP contribution in [0.4, 0.5) is 0 Å². The molecule has 0 N–H and O–H groups in total. The van der Waals surface area contributed by atoms with Crippen LogP contribution in [0, 0.1) is 0 Å². The van der Waals surface area contributed by atoms with E-state index in [-0.39, 0.29) is 0 Å². The molecule has 0 bridgehead atoms. The predicted molar refractivity (Wildman–Crippen MR) is 73.9 cm³/mol. The molecule has 0 aromatic heterocycles. The van der Waals surface area contributed by atoms with Gasteiger partial charge in [0.15, 0.2) is 0 Å². The van der Waals surface area contributed by atoms with Gasteiger partial charge < -0.3 is 4.74 Å². The van der Waals surface area contributed by atoms with Crippen LogP contribution in [0.3, 0.4) is 0 Å². The van der Waals surface area contributed by atoms with Crippen LogP contribution < -0.4 is 0 Å². The fourth-order valence-corrected chi connectivity index (χ4v) is 1.45. The van der Waals surface area contributed by atoms with Gasteiger partial charge in [0.25, 0.3) is 0 Å². The average molecular weight is 230 g/mol. The number of unbranched alkanes of at least 4 members (excludes halogenated alkanes) is 2. The Morgan fingerprint density at radius 2 is 1.82 bits per heavy atom. The summed E-state index contributed by atoms with van der Waals surface area (Å²) >= 11 is 0. The largest absolute Gasteiger partial charge is 0.373 e. The Morgan fingerprint density at radius 3 is 2.59 bits per heavy atom. The highest BCUT2D eigenvalue weighted by molar-refractivity contribution is 5.13. The van der Waals surface area contributed by atoms with E-state index in [0.29, 0.717) is 13.2 Å². The zero-order valence-electron chi connectivity index (χ0n) is 10.6. The molecule has 0 spiro atoms. The molecule has 0 heterocycles. The summed E-state index contributed by atoms with van der Waals surface area (Å²) < 4.78 is 5.53. The van der Waals surface area contributed by atoms with E-state index >= 15 is 0 Å². The van der Waals surface area contributed by atoms with Gasteiger partial charge in [-0.3, -0.25) is 0 Å². The van der Waals surface area contributed by atoms with E-state index < -0.39 is 0 Å². The highest BCUT2D eigenvalue weighted by Crippen LogP contribution is 2.00. The van der Waals surface area contributed by atoms with Crippen molar-refractivity contribution < 1.29 is 4.74 Å². The highest BCUT2D eigenvalue weighted by Gasteiger charge is 1.88. The van der Waals surface area contributed by atoms with Crippen LogP contribution >= 0.6 is 0 Å². The van der Waals surface area contributed by atoms with Crippen molar-refractivity contribution in [2.45, 2.75) is 32.8 Å². The van der Waals surface area contributed by atoms with E-state index in [1.165, 1.54) is 24.8 Å². The van der Waals surface area contributed by atoms with E-state index in [1.54, 1.807) is 0 Å². The molecule has 1 aromatic rings. The predicted octanol–water partition coefficient (Wildman–Crippen LogP) is 4.51. The lowest BCUT2D eigenvalue weighted by Gasteiger charge is -2.00. The van der Waals surface area contributed by atoms with Gasteiger partial charge in [-0.15, -0.1) is 0 Å². The van der Waals surface area contributed by atoms with Crippen LogP contribution in [0.25, 0.3) is 0 Å². The third-order valence-corrected chi connectivity index (χ3v) is 2.43. The molecule has 0 amide bonds. The first-order chi connectivity index (χ1) is 8.43. The number of hydrogen-bond acceptors (Lipinski definition) is 1. The maximum Gasteiger partial charge on any atom is 0.0721 e. The van der Waals surface area contributed by atoms with Gasteiger partial charge in [0, 0.05) is 0 Å². The summed E-state index contributed by atoms with van der Waals surface area (Å²) in [6.45, 7) is 3.57. The number of rotatable bonds is 8. The normalized spacial score (nSPS) is 11.6. The molecule has 0 aliphatic rings. The van der Waals surface area contributed by atoms with E-state index in [1.807, 2.05) is 24.3 Å². The van der Waals surface area contributed by atoms with Gasteiger partial charge in [0.05, 0.1) is 13.2 Å². The Morgan fingerprint density at radius 1 is 1.06 bits per heavy atom. The van der Waals surface area contributed by atoms with Gasteiger partial charge in [-0.25, -0.2) is 0 Å². The summed E-state index contributed by atoms with van der Waals surface area (Å²) in [5.74, 6) is 0. The van der Waals surface area contributed by atoms with Crippen molar-refractivity contribution in [3.05, 3.63) is 60.2 Å². The fraction of sp³-hybridized carbons (Fsp3) is 0.375. The molecular formula is C16H22O. The van der Waals surface area contributed by atoms with Crippen LogP contribution in [0.2, 0.25) is 0 Å². The van der Waals surface area contributed by atoms with Crippen LogP contribution in [-0.2, 0) is 11.3 Å². The van der Waals surface area contributed by atoms with Crippen LogP contribution in [0.15, 0.2) is 54.6 Å². The van der Waals surface area contributed by atoms with E-state index in [4.69, 9.17) is 4.74 Å². The SMILES string of the molecule is CCCC/C=C/C=C/COCc1ccccc1. The maximum atomic E-state index is 5.53. The third-order valence-electron chi connectivity index (χ3n) is 2.43. The van der Waals surface area contributed by atoms with Gasteiger partial charge in [0.1, 0.15) is 0 Å². The number of ether oxygens (including phenoxy) is 1. The van der Waals surface area contributed by atoms with Crippen molar-refractivity contribution >= 4 is 0 Å². The number of benzene rings is 1. The van der Waals surface area contributed by atoms with E-state index in [9.17, 15) is 0 Å². The Hall–Kier alpha value is -1.34. The molecule has 1 heteroatoms. The minimum atomic E-state index is 0.674. The van der Waals surface area contributed by atoms with Gasteiger partial charge in [-0.2, -0.15) is 0 Å². The van der Waals surface area contributed by atoms with Gasteiger partial charge in [-0.1, -0.05) is 74.4 Å². The van der Waals surface area contributed by atoms with Crippen LogP contribution in [0.5, 0.6) is 0 Å². The van der Waals surface area contributed by atoms with Crippen LogP contribution in [-0.4, -0.2) is 6.61 Å². The summed E-state index contributed by atoms with van der Waals surface area (Å²) in [7, 11) is 0. The Kier molecular flexibility index (Phi) is 7.96. The summed E-state index contributed by atoms with van der Waals surface area (Å²) in [6, 6.07) is 10.2. The molecule has 1 aromatic carbocycles. The summed E-state index contributed by atoms with van der Waals surface area (Å²) in [5.41, 5.74) is 1.22. The molecule has 0 atom stereocenters. The smallest absolute Gasteiger partial charge is 0.0721 e. The lowest BCUT2D eigenvalue weighted by atomic mass is 10.2. The lowest BCUT2D eigenvalue weighted by Crippen LogP contribution is -1.91. The Balaban J connectivity index is 2.04. The zero-order valence-corrected chi connectivity index (χ0v) is 10.6. The zero-order chi connectivity index (χ0) is 12.2. The first kappa shape index (κ1) is 13.7. The fourth-order valence-electron chi connectivity index (χ4n) is 1.45. The summed E-state index contributed by atoms with van der Waals surface area (Å²) in [5, 5.41) is 0. The molecule has 0 saturated carbocycles. The molecule has 0 aliphatic heterocycles. The Labute approximate surface area is 105 Å². The molecule has 0 fully saturated rings. The molecule has 0 aliphatic carbocycles. The van der Waals surface area contributed by atoms with Crippen molar-refractivity contribution in [3.8, 4) is 0 Å². The van der Waals surface area contributed by atoms with E-state index in [2.05, 4.69) is 37.3 Å². The number of allylic oxidation sites excluding steroid dienone is 3. The van der Waals surface area contributed by atoms with Gasteiger partial charge in [0.2, 0.25) is 0 Å². The molecule has 1 rings (SSSR count). The maximum absolute atomic E-state index is 5.53. The minimum Gasteiger partial charge on any atom is -0.373 e. The standard InChI is InChI=1S/C16H22O/c1-2-3-4-5-6-7-11-14-17-15-16-12-9-8-10-13-16/h5-13H,2-4,14-15H2,1H3/b6-5+,11-7+. The Bertz CT molecular complexity index is 325. The van der Waals surface area contributed by atoms with Crippen molar-refractivity contribution in [1.82, 2.24) is 0 Å². The summed E-state index contributed by atoms with van der Waals surface area (Å²) in [6.07, 6.45) is 12.1. The second-order valence-electron chi connectivity index (χ2n) is 4.00. The average Bonchev–Trinajstić information content (AvgIpc) is 2.38. The monoisotopic (exact) mass is 230 g/mol. The molecular weight excluding hydrogens is 208 g/mol. The molecule has 17 heavy (non-hydrogen) atoms. The third kappa shape index (κ3) is 7.53. The lowest BCUT2D eigenvalue weighted by molar-refractivity contribution is 0.148. The van der Waals surface area contributed by atoms with Crippen molar-refractivity contribution in [2.24, 2.45) is 0 Å². The minimum absolute atomic E-state index is 0.674. The number of hydrogen-bond donors (Lipinski definition) is 0. The molecule has 0 radical (unpaired) electrons. The second kappa shape index (κ2) is 9.86. The van der Waals surface area contributed by atoms with Crippen molar-refractivity contribution in [2.75, 3.05) is 6.61 Å². The first-order valence-electron chi connectivity index (χ1n) is 6.37. The van der Waals surface area contributed by atoms with Gasteiger partial charge in [-0.05, 0) is 12.0 Å². The van der Waals surface area contributed by atoms with Crippen molar-refractivity contribution in [3.63, 3.8) is 0 Å². The first-order valence-corrected chi connectivity index (χ1v) is 6.37.